The van der Waals surface area contributed by atoms with Crippen molar-refractivity contribution in [2.75, 3.05) is 20.1 Å². The number of piperidine rings is 1. The second-order valence-electron chi connectivity index (χ2n) is 8.07. The fraction of sp³-hybridized carbons (Fsp3) is 0.348. The van der Waals surface area contributed by atoms with Crippen LogP contribution in [-0.2, 0) is 22.4 Å². The van der Waals surface area contributed by atoms with Crippen LogP contribution in [0.2, 0.25) is 5.02 Å². The molecule has 2 atom stereocenters. The lowest BCUT2D eigenvalue weighted by Crippen LogP contribution is -2.58. The molecule has 0 unspecified atom stereocenters. The fourth-order valence-corrected chi connectivity index (χ4v) is 4.54. The SMILES string of the molecule is CN1N=C2CCN(C(=O)[C@H](N)Cc3ccc(Cl)cc3)C[C@@]2(Cc2ccccc2)C1=O. The van der Waals surface area contributed by atoms with Crippen molar-refractivity contribution < 1.29 is 9.59 Å². The lowest BCUT2D eigenvalue weighted by Gasteiger charge is -2.40. The predicted octanol–water partition coefficient (Wildman–Crippen LogP) is 2.50. The van der Waals surface area contributed by atoms with Crippen LogP contribution in [0.3, 0.4) is 0 Å². The number of hydrogen-bond donors (Lipinski definition) is 1. The number of hydrogen-bond acceptors (Lipinski definition) is 4. The number of amides is 2. The molecule has 0 saturated carbocycles. The van der Waals surface area contributed by atoms with Gasteiger partial charge in [0.2, 0.25) is 5.91 Å². The number of benzene rings is 2. The zero-order valence-electron chi connectivity index (χ0n) is 16.9. The van der Waals surface area contributed by atoms with Crippen molar-refractivity contribution in [3.8, 4) is 0 Å². The first-order valence-electron chi connectivity index (χ1n) is 10.1. The minimum Gasteiger partial charge on any atom is -0.339 e. The van der Waals surface area contributed by atoms with Gasteiger partial charge in [-0.2, -0.15) is 5.10 Å². The van der Waals surface area contributed by atoms with Gasteiger partial charge in [0.15, 0.2) is 0 Å². The molecule has 30 heavy (non-hydrogen) atoms. The van der Waals surface area contributed by atoms with E-state index >= 15 is 0 Å². The Morgan fingerprint density at radius 1 is 1.17 bits per heavy atom. The Kier molecular flexibility index (Phi) is 5.62. The van der Waals surface area contributed by atoms with E-state index < -0.39 is 11.5 Å². The van der Waals surface area contributed by atoms with Crippen LogP contribution in [0.5, 0.6) is 0 Å². The van der Waals surface area contributed by atoms with Gasteiger partial charge in [0.05, 0.1) is 11.8 Å². The van der Waals surface area contributed by atoms with Gasteiger partial charge < -0.3 is 10.6 Å². The Balaban J connectivity index is 1.54. The van der Waals surface area contributed by atoms with E-state index in [-0.39, 0.29) is 11.8 Å². The molecule has 0 radical (unpaired) electrons. The normalized spacial score (nSPS) is 22.0. The summed E-state index contributed by atoms with van der Waals surface area (Å²) in [4.78, 5) is 28.0. The molecule has 0 aliphatic carbocycles. The number of fused-ring (bicyclic) bond motifs is 1. The number of halogens is 1. The zero-order chi connectivity index (χ0) is 21.3. The summed E-state index contributed by atoms with van der Waals surface area (Å²) in [5, 5.41) is 6.56. The topological polar surface area (TPSA) is 79.0 Å². The highest BCUT2D eigenvalue weighted by Gasteiger charge is 2.53. The van der Waals surface area contributed by atoms with E-state index in [1.54, 1.807) is 24.1 Å². The van der Waals surface area contributed by atoms with E-state index in [0.29, 0.717) is 37.4 Å². The second kappa shape index (κ2) is 8.20. The number of rotatable bonds is 5. The maximum Gasteiger partial charge on any atom is 0.256 e. The zero-order valence-corrected chi connectivity index (χ0v) is 17.7. The van der Waals surface area contributed by atoms with E-state index in [2.05, 4.69) is 5.10 Å². The first-order valence-corrected chi connectivity index (χ1v) is 10.5. The summed E-state index contributed by atoms with van der Waals surface area (Å²) in [7, 11) is 1.68. The minimum absolute atomic E-state index is 0.0647. The van der Waals surface area contributed by atoms with Gasteiger partial charge >= 0.3 is 0 Å². The monoisotopic (exact) mass is 424 g/mol. The third-order valence-corrected chi connectivity index (χ3v) is 6.20. The largest absolute Gasteiger partial charge is 0.339 e. The Morgan fingerprint density at radius 2 is 1.87 bits per heavy atom. The van der Waals surface area contributed by atoms with Gasteiger partial charge in [0, 0.05) is 31.6 Å². The molecule has 2 aromatic carbocycles. The molecule has 0 spiro atoms. The summed E-state index contributed by atoms with van der Waals surface area (Å²) in [6, 6.07) is 16.5. The fourth-order valence-electron chi connectivity index (χ4n) is 4.41. The lowest BCUT2D eigenvalue weighted by atomic mass is 9.73. The molecule has 156 valence electrons. The quantitative estimate of drug-likeness (QED) is 0.800. The number of carbonyl (C=O) groups is 2. The third-order valence-electron chi connectivity index (χ3n) is 5.95. The smallest absolute Gasteiger partial charge is 0.256 e. The molecule has 1 saturated heterocycles. The van der Waals surface area contributed by atoms with Crippen molar-refractivity contribution >= 4 is 29.1 Å². The van der Waals surface area contributed by atoms with Crippen molar-refractivity contribution in [2.45, 2.75) is 25.3 Å². The Hall–Kier alpha value is -2.70. The van der Waals surface area contributed by atoms with Crippen LogP contribution in [0.25, 0.3) is 0 Å². The number of carbonyl (C=O) groups excluding carboxylic acids is 2. The molecule has 2 N–H and O–H groups in total. The Labute approximate surface area is 181 Å². The first kappa shape index (κ1) is 20.6. The number of likely N-dealkylation sites (tertiary alicyclic amines) is 1. The molecule has 2 amide bonds. The Morgan fingerprint density at radius 3 is 2.57 bits per heavy atom. The van der Waals surface area contributed by atoms with Crippen LogP contribution < -0.4 is 5.73 Å². The molecular formula is C23H25ClN4O2. The average molecular weight is 425 g/mol. The summed E-state index contributed by atoms with van der Waals surface area (Å²) < 4.78 is 0. The maximum atomic E-state index is 13.2. The van der Waals surface area contributed by atoms with Gasteiger partial charge in [-0.15, -0.1) is 0 Å². The maximum absolute atomic E-state index is 13.2. The van der Waals surface area contributed by atoms with Gasteiger partial charge in [0.25, 0.3) is 5.91 Å². The van der Waals surface area contributed by atoms with Crippen LogP contribution in [0.1, 0.15) is 17.5 Å². The standard InChI is InChI=1S/C23H25ClN4O2/c1-27-22(30)23(14-17-5-3-2-4-6-17)15-28(12-11-20(23)26-27)21(29)19(25)13-16-7-9-18(24)10-8-16/h2-10,19H,11-15,25H2,1H3/t19-,23-/m1/s1. The highest BCUT2D eigenvalue weighted by atomic mass is 35.5. The lowest BCUT2D eigenvalue weighted by molar-refractivity contribution is -0.140. The van der Waals surface area contributed by atoms with E-state index in [4.69, 9.17) is 17.3 Å². The summed E-state index contributed by atoms with van der Waals surface area (Å²) in [5.41, 5.74) is 8.31. The molecule has 6 nitrogen and oxygen atoms in total. The summed E-state index contributed by atoms with van der Waals surface area (Å²) >= 11 is 5.94. The number of nitrogens with two attached hydrogens (primary N) is 1. The minimum atomic E-state index is -0.815. The van der Waals surface area contributed by atoms with Crippen LogP contribution in [0.15, 0.2) is 59.7 Å². The first-order chi connectivity index (χ1) is 14.4. The van der Waals surface area contributed by atoms with E-state index in [1.165, 1.54) is 5.01 Å². The van der Waals surface area contributed by atoms with Crippen molar-refractivity contribution in [3.05, 3.63) is 70.7 Å². The molecule has 2 heterocycles. The number of nitrogens with zero attached hydrogens (tertiary/aromatic N) is 3. The van der Waals surface area contributed by atoms with E-state index in [0.717, 1.165) is 16.8 Å². The Bertz CT molecular complexity index is 976. The van der Waals surface area contributed by atoms with Crippen molar-refractivity contribution in [2.24, 2.45) is 16.3 Å². The van der Waals surface area contributed by atoms with E-state index in [9.17, 15) is 9.59 Å². The van der Waals surface area contributed by atoms with Gasteiger partial charge in [0.1, 0.15) is 5.41 Å². The molecule has 1 fully saturated rings. The molecule has 2 aliphatic heterocycles. The molecule has 7 heteroatoms. The predicted molar refractivity (Wildman–Crippen MR) is 117 cm³/mol. The van der Waals surface area contributed by atoms with E-state index in [1.807, 2.05) is 42.5 Å². The molecule has 0 bridgehead atoms. The van der Waals surface area contributed by atoms with Crippen LogP contribution in [0, 0.1) is 5.41 Å². The van der Waals surface area contributed by atoms with Crippen molar-refractivity contribution in [3.63, 3.8) is 0 Å². The summed E-state index contributed by atoms with van der Waals surface area (Å²) in [5.74, 6) is -0.205. The third kappa shape index (κ3) is 3.85. The average Bonchev–Trinajstić information content (AvgIpc) is 2.99. The van der Waals surface area contributed by atoms with Crippen LogP contribution >= 0.6 is 11.6 Å². The second-order valence-corrected chi connectivity index (χ2v) is 8.50. The van der Waals surface area contributed by atoms with Gasteiger partial charge in [-0.05, 0) is 36.1 Å². The van der Waals surface area contributed by atoms with Crippen molar-refractivity contribution in [1.29, 1.82) is 0 Å². The summed E-state index contributed by atoms with van der Waals surface area (Å²) in [6.45, 7) is 0.820. The summed E-state index contributed by atoms with van der Waals surface area (Å²) in [6.07, 6.45) is 1.52. The molecular weight excluding hydrogens is 400 g/mol. The van der Waals surface area contributed by atoms with Crippen molar-refractivity contribution in [1.82, 2.24) is 9.91 Å². The molecule has 4 rings (SSSR count). The van der Waals surface area contributed by atoms with Gasteiger partial charge in [-0.25, -0.2) is 5.01 Å². The van der Waals surface area contributed by atoms with Crippen LogP contribution in [-0.4, -0.2) is 53.6 Å². The molecule has 2 aromatic rings. The highest BCUT2D eigenvalue weighted by molar-refractivity contribution is 6.30. The highest BCUT2D eigenvalue weighted by Crippen LogP contribution is 2.38. The molecule has 0 aromatic heterocycles. The molecule has 2 aliphatic rings. The number of hydrazone groups is 1. The van der Waals surface area contributed by atoms with Gasteiger partial charge in [-0.1, -0.05) is 54.1 Å². The van der Waals surface area contributed by atoms with Crippen LogP contribution in [0.4, 0.5) is 0 Å². The van der Waals surface area contributed by atoms with Gasteiger partial charge in [-0.3, -0.25) is 9.59 Å².